The zero-order valence-electron chi connectivity index (χ0n) is 10.7. The van der Waals surface area contributed by atoms with Crippen LogP contribution in [0.15, 0.2) is 18.2 Å². The summed E-state index contributed by atoms with van der Waals surface area (Å²) in [6, 6.07) is 6.15. The Bertz CT molecular complexity index is 389. The molecule has 0 radical (unpaired) electrons. The van der Waals surface area contributed by atoms with Crippen LogP contribution in [-0.4, -0.2) is 19.2 Å². The van der Waals surface area contributed by atoms with Crippen molar-refractivity contribution >= 4 is 23.2 Å². The van der Waals surface area contributed by atoms with Crippen molar-refractivity contribution in [3.63, 3.8) is 0 Å². The molecule has 0 aliphatic carbocycles. The van der Waals surface area contributed by atoms with Crippen molar-refractivity contribution in [2.45, 2.75) is 32.4 Å². The fourth-order valence-corrected chi connectivity index (χ4v) is 2.88. The molecule has 1 aliphatic heterocycles. The Labute approximate surface area is 119 Å². The van der Waals surface area contributed by atoms with E-state index in [4.69, 9.17) is 27.9 Å². The summed E-state index contributed by atoms with van der Waals surface area (Å²) >= 11 is 12.1. The fraction of sp³-hybridized carbons (Fsp3) is 0.571. The molecule has 4 heteroatoms. The van der Waals surface area contributed by atoms with E-state index in [9.17, 15) is 0 Å². The van der Waals surface area contributed by atoms with E-state index in [1.54, 1.807) is 6.07 Å². The molecule has 2 unspecified atom stereocenters. The van der Waals surface area contributed by atoms with Gasteiger partial charge < -0.3 is 10.1 Å². The van der Waals surface area contributed by atoms with Gasteiger partial charge in [-0.3, -0.25) is 0 Å². The van der Waals surface area contributed by atoms with Gasteiger partial charge >= 0.3 is 0 Å². The smallest absolute Gasteiger partial charge is 0.0867 e. The molecule has 1 heterocycles. The molecule has 2 rings (SSSR count). The molecule has 0 amide bonds. The Morgan fingerprint density at radius 3 is 2.56 bits per heavy atom. The molecule has 0 saturated carbocycles. The maximum Gasteiger partial charge on any atom is 0.0867 e. The lowest BCUT2D eigenvalue weighted by atomic mass is 9.95. The molecule has 1 fully saturated rings. The highest BCUT2D eigenvalue weighted by molar-refractivity contribution is 6.34. The number of ether oxygens (including phenoxy) is 1. The average molecular weight is 288 g/mol. The van der Waals surface area contributed by atoms with Gasteiger partial charge in [0.1, 0.15) is 0 Å². The summed E-state index contributed by atoms with van der Waals surface area (Å²) in [5.41, 5.74) is 1.08. The first-order chi connectivity index (χ1) is 8.56. The first-order valence-corrected chi connectivity index (χ1v) is 7.13. The molecule has 100 valence electrons. The highest BCUT2D eigenvalue weighted by Crippen LogP contribution is 2.36. The lowest BCUT2D eigenvalue weighted by molar-refractivity contribution is 0.0901. The summed E-state index contributed by atoms with van der Waals surface area (Å²) in [7, 11) is 0. The quantitative estimate of drug-likeness (QED) is 0.901. The maximum absolute atomic E-state index is 6.05. The number of rotatable bonds is 4. The van der Waals surface area contributed by atoms with Crippen LogP contribution in [0.3, 0.4) is 0 Å². The molecule has 1 N–H and O–H groups in total. The van der Waals surface area contributed by atoms with Crippen LogP contribution in [0.5, 0.6) is 0 Å². The van der Waals surface area contributed by atoms with Gasteiger partial charge in [0.2, 0.25) is 0 Å². The summed E-state index contributed by atoms with van der Waals surface area (Å²) in [5, 5.41) is 4.81. The van der Waals surface area contributed by atoms with Crippen LogP contribution in [0, 0.1) is 5.92 Å². The van der Waals surface area contributed by atoms with Crippen molar-refractivity contribution < 1.29 is 4.74 Å². The predicted molar refractivity (Wildman–Crippen MR) is 76.4 cm³/mol. The van der Waals surface area contributed by atoms with Crippen LogP contribution in [0.2, 0.25) is 10.0 Å². The van der Waals surface area contributed by atoms with Gasteiger partial charge in [-0.2, -0.15) is 0 Å². The molecular weight excluding hydrogens is 269 g/mol. The standard InChI is InChI=1S/C14H19Cl2NO/c1-9(2)17-8-10-3-4-18-14(10)11-5-12(15)7-13(16)6-11/h5-7,9-10,14,17H,3-4,8H2,1-2H3. The Balaban J connectivity index is 2.10. The zero-order chi connectivity index (χ0) is 13.1. The largest absolute Gasteiger partial charge is 0.373 e. The van der Waals surface area contributed by atoms with Crippen molar-refractivity contribution in [2.24, 2.45) is 5.92 Å². The second kappa shape index (κ2) is 6.25. The van der Waals surface area contributed by atoms with Crippen molar-refractivity contribution in [3.8, 4) is 0 Å². The van der Waals surface area contributed by atoms with E-state index in [-0.39, 0.29) is 6.10 Å². The Kier molecular flexibility index (Phi) is 4.91. The SMILES string of the molecule is CC(C)NCC1CCOC1c1cc(Cl)cc(Cl)c1. The Morgan fingerprint density at radius 1 is 1.28 bits per heavy atom. The third-order valence-electron chi connectivity index (χ3n) is 3.22. The summed E-state index contributed by atoms with van der Waals surface area (Å²) < 4.78 is 5.84. The van der Waals surface area contributed by atoms with Crippen LogP contribution in [0.4, 0.5) is 0 Å². The third kappa shape index (κ3) is 3.61. The van der Waals surface area contributed by atoms with E-state index in [1.807, 2.05) is 12.1 Å². The Hall–Kier alpha value is -0.280. The van der Waals surface area contributed by atoms with E-state index in [0.717, 1.165) is 25.1 Å². The summed E-state index contributed by atoms with van der Waals surface area (Å²) in [4.78, 5) is 0. The molecule has 0 aromatic heterocycles. The van der Waals surface area contributed by atoms with Crippen molar-refractivity contribution in [1.29, 1.82) is 0 Å². The molecule has 1 aromatic rings. The van der Waals surface area contributed by atoms with E-state index in [2.05, 4.69) is 19.2 Å². The normalized spacial score (nSPS) is 23.8. The third-order valence-corrected chi connectivity index (χ3v) is 3.65. The topological polar surface area (TPSA) is 21.3 Å². The molecule has 2 atom stereocenters. The van der Waals surface area contributed by atoms with Crippen LogP contribution in [-0.2, 0) is 4.74 Å². The van der Waals surface area contributed by atoms with Crippen LogP contribution in [0.1, 0.15) is 31.9 Å². The number of halogens is 2. The number of hydrogen-bond acceptors (Lipinski definition) is 2. The molecule has 2 nitrogen and oxygen atoms in total. The first kappa shape index (κ1) is 14.1. The van der Waals surface area contributed by atoms with Crippen LogP contribution in [0.25, 0.3) is 0 Å². The van der Waals surface area contributed by atoms with E-state index in [1.165, 1.54) is 0 Å². The minimum Gasteiger partial charge on any atom is -0.373 e. The lowest BCUT2D eigenvalue weighted by Gasteiger charge is -2.21. The number of benzene rings is 1. The lowest BCUT2D eigenvalue weighted by Crippen LogP contribution is -2.30. The van der Waals surface area contributed by atoms with Crippen molar-refractivity contribution in [2.75, 3.05) is 13.2 Å². The molecule has 0 bridgehead atoms. The molecule has 18 heavy (non-hydrogen) atoms. The predicted octanol–water partition coefficient (Wildman–Crippen LogP) is 4.07. The molecular formula is C14H19Cl2NO. The van der Waals surface area contributed by atoms with E-state index in [0.29, 0.717) is 22.0 Å². The van der Waals surface area contributed by atoms with E-state index >= 15 is 0 Å². The molecule has 1 aliphatic rings. The van der Waals surface area contributed by atoms with Gasteiger partial charge in [-0.25, -0.2) is 0 Å². The first-order valence-electron chi connectivity index (χ1n) is 6.37. The monoisotopic (exact) mass is 287 g/mol. The van der Waals surface area contributed by atoms with Gasteiger partial charge in [-0.1, -0.05) is 37.0 Å². The molecule has 0 spiro atoms. The minimum absolute atomic E-state index is 0.104. The second-order valence-corrected chi connectivity index (χ2v) is 5.98. The van der Waals surface area contributed by atoms with Crippen molar-refractivity contribution in [3.05, 3.63) is 33.8 Å². The number of hydrogen-bond donors (Lipinski definition) is 1. The average Bonchev–Trinajstić information content (AvgIpc) is 2.72. The molecule has 1 saturated heterocycles. The second-order valence-electron chi connectivity index (χ2n) is 5.11. The van der Waals surface area contributed by atoms with Gasteiger partial charge in [0.05, 0.1) is 6.10 Å². The van der Waals surface area contributed by atoms with Gasteiger partial charge in [0, 0.05) is 35.2 Å². The molecule has 1 aromatic carbocycles. The van der Waals surface area contributed by atoms with Gasteiger partial charge in [0.15, 0.2) is 0 Å². The summed E-state index contributed by atoms with van der Waals surface area (Å²) in [6.45, 7) is 6.08. The highest BCUT2D eigenvalue weighted by Gasteiger charge is 2.29. The number of nitrogens with one attached hydrogen (secondary N) is 1. The van der Waals surface area contributed by atoms with Gasteiger partial charge in [-0.15, -0.1) is 0 Å². The van der Waals surface area contributed by atoms with Gasteiger partial charge in [-0.05, 0) is 30.2 Å². The highest BCUT2D eigenvalue weighted by atomic mass is 35.5. The van der Waals surface area contributed by atoms with E-state index < -0.39 is 0 Å². The van der Waals surface area contributed by atoms with Crippen molar-refractivity contribution in [1.82, 2.24) is 5.32 Å². The summed E-state index contributed by atoms with van der Waals surface area (Å²) in [5.74, 6) is 0.488. The van der Waals surface area contributed by atoms with Crippen LogP contribution < -0.4 is 5.32 Å². The Morgan fingerprint density at radius 2 is 1.94 bits per heavy atom. The zero-order valence-corrected chi connectivity index (χ0v) is 12.3. The fourth-order valence-electron chi connectivity index (χ4n) is 2.34. The van der Waals surface area contributed by atoms with Gasteiger partial charge in [0.25, 0.3) is 0 Å². The summed E-state index contributed by atoms with van der Waals surface area (Å²) in [6.07, 6.45) is 1.18. The van der Waals surface area contributed by atoms with Crippen LogP contribution >= 0.6 is 23.2 Å². The minimum atomic E-state index is 0.104. The maximum atomic E-state index is 6.05.